The first kappa shape index (κ1) is 9.58. The summed E-state index contributed by atoms with van der Waals surface area (Å²) in [4.78, 5) is 12.7. The summed E-state index contributed by atoms with van der Waals surface area (Å²) in [5, 5.41) is 2.99. The van der Waals surface area contributed by atoms with Crippen molar-refractivity contribution in [1.82, 2.24) is 15.0 Å². The first-order valence-corrected chi connectivity index (χ1v) is 4.73. The molecular formula is C11H12N4. The van der Waals surface area contributed by atoms with Gasteiger partial charge in [-0.1, -0.05) is 0 Å². The summed E-state index contributed by atoms with van der Waals surface area (Å²) in [6.07, 6.45) is 5.30. The Hall–Kier alpha value is -1.97. The number of rotatable bonds is 2. The van der Waals surface area contributed by atoms with Crippen molar-refractivity contribution in [2.45, 2.75) is 6.92 Å². The van der Waals surface area contributed by atoms with E-state index in [0.717, 1.165) is 22.8 Å². The first-order chi connectivity index (χ1) is 7.31. The Labute approximate surface area is 88.4 Å². The van der Waals surface area contributed by atoms with E-state index < -0.39 is 0 Å². The lowest BCUT2D eigenvalue weighted by Gasteiger charge is -2.04. The van der Waals surface area contributed by atoms with Crippen molar-refractivity contribution in [3.8, 4) is 11.4 Å². The zero-order chi connectivity index (χ0) is 10.7. The van der Waals surface area contributed by atoms with E-state index in [0.29, 0.717) is 0 Å². The van der Waals surface area contributed by atoms with Crippen LogP contribution in [0.2, 0.25) is 0 Å². The fourth-order valence-corrected chi connectivity index (χ4v) is 1.35. The Morgan fingerprint density at radius 2 is 2.07 bits per heavy atom. The molecule has 2 heterocycles. The summed E-state index contributed by atoms with van der Waals surface area (Å²) < 4.78 is 0. The van der Waals surface area contributed by atoms with Crippen LogP contribution in [0.5, 0.6) is 0 Å². The zero-order valence-electron chi connectivity index (χ0n) is 8.73. The number of nitrogens with one attached hydrogen (secondary N) is 1. The summed E-state index contributed by atoms with van der Waals surface area (Å²) in [7, 11) is 1.84. The van der Waals surface area contributed by atoms with Gasteiger partial charge in [0.05, 0.1) is 0 Å². The van der Waals surface area contributed by atoms with E-state index in [4.69, 9.17) is 0 Å². The van der Waals surface area contributed by atoms with Crippen molar-refractivity contribution in [3.05, 3.63) is 36.3 Å². The van der Waals surface area contributed by atoms with Crippen LogP contribution in [0, 0.1) is 6.92 Å². The van der Waals surface area contributed by atoms with Gasteiger partial charge in [0.1, 0.15) is 5.82 Å². The van der Waals surface area contributed by atoms with E-state index in [2.05, 4.69) is 20.3 Å². The molecule has 0 aliphatic carbocycles. The number of hydrogen-bond acceptors (Lipinski definition) is 4. The van der Waals surface area contributed by atoms with Crippen LogP contribution < -0.4 is 5.32 Å². The summed E-state index contributed by atoms with van der Waals surface area (Å²) in [6, 6.07) is 3.75. The van der Waals surface area contributed by atoms with Crippen LogP contribution in [0.4, 0.5) is 5.82 Å². The maximum Gasteiger partial charge on any atom is 0.161 e. The van der Waals surface area contributed by atoms with Crippen molar-refractivity contribution in [2.24, 2.45) is 0 Å². The number of hydrogen-bond donors (Lipinski definition) is 1. The Kier molecular flexibility index (Phi) is 2.58. The van der Waals surface area contributed by atoms with E-state index in [-0.39, 0.29) is 0 Å². The smallest absolute Gasteiger partial charge is 0.161 e. The second-order valence-corrected chi connectivity index (χ2v) is 3.21. The molecule has 0 aliphatic heterocycles. The van der Waals surface area contributed by atoms with E-state index in [1.54, 1.807) is 12.4 Å². The highest BCUT2D eigenvalue weighted by atomic mass is 15.0. The molecule has 2 rings (SSSR count). The molecule has 2 aromatic rings. The Morgan fingerprint density at radius 3 is 2.80 bits per heavy atom. The van der Waals surface area contributed by atoms with Crippen molar-refractivity contribution >= 4 is 5.82 Å². The van der Waals surface area contributed by atoms with Gasteiger partial charge in [-0.15, -0.1) is 0 Å². The van der Waals surface area contributed by atoms with Crippen LogP contribution in [0.25, 0.3) is 11.4 Å². The normalized spacial score (nSPS) is 10.0. The quantitative estimate of drug-likeness (QED) is 0.804. The Balaban J connectivity index is 2.49. The van der Waals surface area contributed by atoms with E-state index in [9.17, 15) is 0 Å². The molecule has 0 bridgehead atoms. The second-order valence-electron chi connectivity index (χ2n) is 3.21. The Bertz CT molecular complexity index is 468. The van der Waals surface area contributed by atoms with Gasteiger partial charge in [0.15, 0.2) is 5.82 Å². The first-order valence-electron chi connectivity index (χ1n) is 4.73. The maximum absolute atomic E-state index is 4.37. The van der Waals surface area contributed by atoms with Crippen molar-refractivity contribution in [3.63, 3.8) is 0 Å². The minimum atomic E-state index is 0.724. The van der Waals surface area contributed by atoms with Gasteiger partial charge in [0.2, 0.25) is 0 Å². The number of aromatic nitrogens is 3. The monoisotopic (exact) mass is 200 g/mol. The summed E-state index contributed by atoms with van der Waals surface area (Å²) in [5.41, 5.74) is 2.09. The molecule has 0 fully saturated rings. The van der Waals surface area contributed by atoms with Gasteiger partial charge in [-0.25, -0.2) is 9.97 Å². The minimum Gasteiger partial charge on any atom is -0.373 e. The van der Waals surface area contributed by atoms with Gasteiger partial charge in [-0.2, -0.15) is 0 Å². The largest absolute Gasteiger partial charge is 0.373 e. The van der Waals surface area contributed by atoms with Crippen LogP contribution in [0.3, 0.4) is 0 Å². The van der Waals surface area contributed by atoms with Crippen LogP contribution in [-0.2, 0) is 0 Å². The van der Waals surface area contributed by atoms with Crippen LogP contribution in [0.1, 0.15) is 5.56 Å². The molecule has 1 N–H and O–H groups in total. The molecule has 0 spiro atoms. The average Bonchev–Trinajstić information content (AvgIpc) is 2.30. The predicted octanol–water partition coefficient (Wildman–Crippen LogP) is 1.89. The SMILES string of the molecule is CNc1ccnc(-c2ccncc2C)n1. The zero-order valence-corrected chi connectivity index (χ0v) is 8.73. The van der Waals surface area contributed by atoms with Crippen molar-refractivity contribution < 1.29 is 0 Å². The fourth-order valence-electron chi connectivity index (χ4n) is 1.35. The number of aryl methyl sites for hydroxylation is 1. The highest BCUT2D eigenvalue weighted by molar-refractivity contribution is 5.60. The number of nitrogens with zero attached hydrogens (tertiary/aromatic N) is 3. The maximum atomic E-state index is 4.37. The average molecular weight is 200 g/mol. The molecular weight excluding hydrogens is 188 g/mol. The lowest BCUT2D eigenvalue weighted by Crippen LogP contribution is -1.96. The van der Waals surface area contributed by atoms with Crippen LogP contribution in [-0.4, -0.2) is 22.0 Å². The molecule has 15 heavy (non-hydrogen) atoms. The molecule has 0 aromatic carbocycles. The molecule has 0 atom stereocenters. The van der Waals surface area contributed by atoms with Gasteiger partial charge >= 0.3 is 0 Å². The lowest BCUT2D eigenvalue weighted by atomic mass is 10.1. The molecule has 0 aliphatic rings. The van der Waals surface area contributed by atoms with Crippen molar-refractivity contribution in [1.29, 1.82) is 0 Å². The molecule has 0 radical (unpaired) electrons. The molecule has 0 saturated carbocycles. The van der Waals surface area contributed by atoms with Gasteiger partial charge in [-0.05, 0) is 24.6 Å². The lowest BCUT2D eigenvalue weighted by molar-refractivity contribution is 1.15. The molecule has 4 heteroatoms. The number of anilines is 1. The summed E-state index contributed by atoms with van der Waals surface area (Å²) >= 11 is 0. The van der Waals surface area contributed by atoms with Gasteiger partial charge in [0, 0.05) is 31.2 Å². The van der Waals surface area contributed by atoms with Crippen LogP contribution >= 0.6 is 0 Å². The van der Waals surface area contributed by atoms with E-state index in [1.807, 2.05) is 32.3 Å². The molecule has 0 saturated heterocycles. The van der Waals surface area contributed by atoms with E-state index >= 15 is 0 Å². The van der Waals surface area contributed by atoms with Gasteiger partial charge in [0.25, 0.3) is 0 Å². The third kappa shape index (κ3) is 1.93. The van der Waals surface area contributed by atoms with Crippen molar-refractivity contribution in [2.75, 3.05) is 12.4 Å². The molecule has 0 unspecified atom stereocenters. The van der Waals surface area contributed by atoms with E-state index in [1.165, 1.54) is 0 Å². The summed E-state index contributed by atoms with van der Waals surface area (Å²) in [5.74, 6) is 1.54. The fraction of sp³-hybridized carbons (Fsp3) is 0.182. The highest BCUT2D eigenvalue weighted by Crippen LogP contribution is 2.18. The topological polar surface area (TPSA) is 50.7 Å². The third-order valence-corrected chi connectivity index (χ3v) is 2.17. The predicted molar refractivity (Wildman–Crippen MR) is 59.5 cm³/mol. The third-order valence-electron chi connectivity index (χ3n) is 2.17. The number of pyridine rings is 1. The standard InChI is InChI=1S/C11H12N4/c1-8-7-13-5-3-9(8)11-14-6-4-10(12-2)15-11/h3-7H,1-2H3,(H,12,14,15). The molecule has 2 aromatic heterocycles. The summed E-state index contributed by atoms with van der Waals surface area (Å²) in [6.45, 7) is 2.00. The Morgan fingerprint density at radius 1 is 1.20 bits per heavy atom. The highest BCUT2D eigenvalue weighted by Gasteiger charge is 2.04. The van der Waals surface area contributed by atoms with Gasteiger partial charge < -0.3 is 5.32 Å². The minimum absolute atomic E-state index is 0.724. The van der Waals surface area contributed by atoms with Crippen LogP contribution in [0.15, 0.2) is 30.7 Å². The molecule has 76 valence electrons. The second kappa shape index (κ2) is 4.04. The molecule has 0 amide bonds. The molecule has 4 nitrogen and oxygen atoms in total. The van der Waals surface area contributed by atoms with Gasteiger partial charge in [-0.3, -0.25) is 4.98 Å².